The average molecular weight is 273 g/mol. The van der Waals surface area contributed by atoms with Crippen LogP contribution in [0.25, 0.3) is 0 Å². The van der Waals surface area contributed by atoms with Gasteiger partial charge in [-0.15, -0.1) is 0 Å². The Hall–Kier alpha value is -1.41. The van der Waals surface area contributed by atoms with E-state index < -0.39 is 0 Å². The van der Waals surface area contributed by atoms with Crippen molar-refractivity contribution < 1.29 is 4.74 Å². The molecule has 0 bridgehead atoms. The lowest BCUT2D eigenvalue weighted by molar-refractivity contribution is 0.0135. The first-order valence-electron chi connectivity index (χ1n) is 7.25. The summed E-state index contributed by atoms with van der Waals surface area (Å²) in [6.45, 7) is 9.04. The molecule has 0 amide bonds. The zero-order valence-electron chi connectivity index (χ0n) is 12.3. The largest absolute Gasteiger partial charge is 0.379 e. The maximum absolute atomic E-state index is 8.78. The lowest BCUT2D eigenvalue weighted by atomic mass is 10.1. The summed E-state index contributed by atoms with van der Waals surface area (Å²) in [7, 11) is 0. The fraction of sp³-hybridized carbons (Fsp3) is 0.562. The molecule has 0 aromatic heterocycles. The fourth-order valence-electron chi connectivity index (χ4n) is 2.45. The Morgan fingerprint density at radius 3 is 2.50 bits per heavy atom. The number of benzene rings is 1. The van der Waals surface area contributed by atoms with E-state index in [2.05, 4.69) is 30.1 Å². The highest BCUT2D eigenvalue weighted by molar-refractivity contribution is 5.31. The van der Waals surface area contributed by atoms with Gasteiger partial charge in [0.15, 0.2) is 0 Å². The number of nitrogens with one attached hydrogen (secondary N) is 1. The third kappa shape index (κ3) is 4.04. The van der Waals surface area contributed by atoms with Gasteiger partial charge < -0.3 is 10.1 Å². The molecule has 1 fully saturated rings. The van der Waals surface area contributed by atoms with E-state index >= 15 is 0 Å². The third-order valence-electron chi connectivity index (χ3n) is 4.06. The summed E-state index contributed by atoms with van der Waals surface area (Å²) in [6, 6.07) is 10.8. The Balaban J connectivity index is 1.81. The van der Waals surface area contributed by atoms with Crippen LogP contribution >= 0.6 is 0 Å². The molecular formula is C16H23N3O. The molecule has 1 aromatic carbocycles. The summed E-state index contributed by atoms with van der Waals surface area (Å²) in [5.41, 5.74) is 1.92. The molecule has 2 atom stereocenters. The highest BCUT2D eigenvalue weighted by atomic mass is 16.5. The average Bonchev–Trinajstić information content (AvgIpc) is 2.53. The lowest BCUT2D eigenvalue weighted by Crippen LogP contribution is -2.50. The predicted molar refractivity (Wildman–Crippen MR) is 79.3 cm³/mol. The number of hydrogen-bond acceptors (Lipinski definition) is 4. The summed E-state index contributed by atoms with van der Waals surface area (Å²) in [4.78, 5) is 2.47. The molecule has 2 unspecified atom stereocenters. The van der Waals surface area contributed by atoms with Crippen molar-refractivity contribution in [3.63, 3.8) is 0 Å². The van der Waals surface area contributed by atoms with Crippen molar-refractivity contribution in [3.05, 3.63) is 35.4 Å². The predicted octanol–water partition coefficient (Wildman–Crippen LogP) is 1.76. The number of hydrogen-bond donors (Lipinski definition) is 1. The molecule has 1 aliphatic heterocycles. The first kappa shape index (κ1) is 15.0. The lowest BCUT2D eigenvalue weighted by Gasteiger charge is -2.36. The van der Waals surface area contributed by atoms with Crippen LogP contribution < -0.4 is 5.32 Å². The quantitative estimate of drug-likeness (QED) is 0.888. The second kappa shape index (κ2) is 7.39. The molecule has 4 heteroatoms. The van der Waals surface area contributed by atoms with Gasteiger partial charge in [-0.1, -0.05) is 12.1 Å². The minimum Gasteiger partial charge on any atom is -0.379 e. The molecular weight excluding hydrogens is 250 g/mol. The molecule has 1 saturated heterocycles. The van der Waals surface area contributed by atoms with Crippen molar-refractivity contribution in [1.82, 2.24) is 10.2 Å². The maximum atomic E-state index is 8.78. The van der Waals surface area contributed by atoms with E-state index in [0.29, 0.717) is 17.6 Å². The molecule has 108 valence electrons. The van der Waals surface area contributed by atoms with Crippen molar-refractivity contribution >= 4 is 0 Å². The molecule has 0 radical (unpaired) electrons. The van der Waals surface area contributed by atoms with E-state index in [1.807, 2.05) is 24.3 Å². The highest BCUT2D eigenvalue weighted by Crippen LogP contribution is 2.09. The van der Waals surface area contributed by atoms with E-state index in [4.69, 9.17) is 10.00 Å². The Morgan fingerprint density at radius 2 is 1.90 bits per heavy atom. The van der Waals surface area contributed by atoms with E-state index in [1.165, 1.54) is 5.56 Å². The van der Waals surface area contributed by atoms with Gasteiger partial charge in [-0.05, 0) is 31.5 Å². The number of nitrogens with zero attached hydrogens (tertiary/aromatic N) is 2. The number of ether oxygens (including phenoxy) is 1. The van der Waals surface area contributed by atoms with E-state index in [9.17, 15) is 0 Å². The maximum Gasteiger partial charge on any atom is 0.0991 e. The van der Waals surface area contributed by atoms with Crippen LogP contribution in [0.15, 0.2) is 24.3 Å². The Morgan fingerprint density at radius 1 is 1.25 bits per heavy atom. The van der Waals surface area contributed by atoms with Gasteiger partial charge in [0.2, 0.25) is 0 Å². The topological polar surface area (TPSA) is 48.3 Å². The third-order valence-corrected chi connectivity index (χ3v) is 4.06. The molecule has 0 spiro atoms. The van der Waals surface area contributed by atoms with Gasteiger partial charge in [-0.3, -0.25) is 4.90 Å². The first-order chi connectivity index (χ1) is 9.70. The SMILES string of the molecule is CC(NCc1ccc(C#N)cc1)C(C)N1CCOCC1. The van der Waals surface area contributed by atoms with E-state index in [-0.39, 0.29) is 0 Å². The Labute approximate surface area is 121 Å². The van der Waals surface area contributed by atoms with Gasteiger partial charge >= 0.3 is 0 Å². The summed E-state index contributed by atoms with van der Waals surface area (Å²) in [5, 5.41) is 12.4. The molecule has 1 aromatic rings. The molecule has 1 aliphatic rings. The Kier molecular flexibility index (Phi) is 5.54. The molecule has 0 saturated carbocycles. The van der Waals surface area contributed by atoms with Crippen molar-refractivity contribution in [2.24, 2.45) is 0 Å². The van der Waals surface area contributed by atoms with Crippen molar-refractivity contribution in [2.75, 3.05) is 26.3 Å². The van der Waals surface area contributed by atoms with Gasteiger partial charge in [-0.2, -0.15) is 5.26 Å². The minimum atomic E-state index is 0.420. The van der Waals surface area contributed by atoms with Gasteiger partial charge in [0.1, 0.15) is 0 Å². The summed E-state index contributed by atoms with van der Waals surface area (Å²) < 4.78 is 5.39. The molecule has 4 nitrogen and oxygen atoms in total. The molecule has 1 heterocycles. The fourth-order valence-corrected chi connectivity index (χ4v) is 2.45. The normalized spacial score (nSPS) is 19.2. The van der Waals surface area contributed by atoms with Gasteiger partial charge in [-0.25, -0.2) is 0 Å². The zero-order valence-corrected chi connectivity index (χ0v) is 12.3. The minimum absolute atomic E-state index is 0.420. The highest BCUT2D eigenvalue weighted by Gasteiger charge is 2.21. The second-order valence-corrected chi connectivity index (χ2v) is 5.37. The standard InChI is InChI=1S/C16H23N3O/c1-13(14(2)19-7-9-20-10-8-19)18-12-16-5-3-15(11-17)4-6-16/h3-6,13-14,18H,7-10,12H2,1-2H3. The number of rotatable bonds is 5. The smallest absolute Gasteiger partial charge is 0.0991 e. The van der Waals surface area contributed by atoms with Gasteiger partial charge in [0.05, 0.1) is 24.8 Å². The Bertz CT molecular complexity index is 446. The zero-order chi connectivity index (χ0) is 14.4. The number of morpholine rings is 1. The first-order valence-corrected chi connectivity index (χ1v) is 7.25. The van der Waals surface area contributed by atoms with Crippen LogP contribution in [0.3, 0.4) is 0 Å². The summed E-state index contributed by atoms with van der Waals surface area (Å²) >= 11 is 0. The number of nitriles is 1. The van der Waals surface area contributed by atoms with Crippen LogP contribution in [0.4, 0.5) is 0 Å². The summed E-state index contributed by atoms with van der Waals surface area (Å²) in [5.74, 6) is 0. The van der Waals surface area contributed by atoms with Crippen LogP contribution in [0.5, 0.6) is 0 Å². The molecule has 20 heavy (non-hydrogen) atoms. The molecule has 1 N–H and O–H groups in total. The van der Waals surface area contributed by atoms with E-state index in [1.54, 1.807) is 0 Å². The van der Waals surface area contributed by atoms with Crippen molar-refractivity contribution in [1.29, 1.82) is 5.26 Å². The monoisotopic (exact) mass is 273 g/mol. The molecule has 2 rings (SSSR count). The van der Waals surface area contributed by atoms with E-state index in [0.717, 1.165) is 32.8 Å². The van der Waals surface area contributed by atoms with Crippen LogP contribution in [0.2, 0.25) is 0 Å². The van der Waals surface area contributed by atoms with Crippen molar-refractivity contribution in [2.45, 2.75) is 32.5 Å². The van der Waals surface area contributed by atoms with Gasteiger partial charge in [0, 0.05) is 31.7 Å². The molecule has 0 aliphatic carbocycles. The van der Waals surface area contributed by atoms with Crippen molar-refractivity contribution in [3.8, 4) is 6.07 Å². The van der Waals surface area contributed by atoms with Gasteiger partial charge in [0.25, 0.3) is 0 Å². The van der Waals surface area contributed by atoms with Crippen LogP contribution in [0, 0.1) is 11.3 Å². The van der Waals surface area contributed by atoms with Crippen LogP contribution in [-0.4, -0.2) is 43.3 Å². The summed E-state index contributed by atoms with van der Waals surface area (Å²) in [6.07, 6.45) is 0. The van der Waals surface area contributed by atoms with Crippen LogP contribution in [-0.2, 0) is 11.3 Å². The second-order valence-electron chi connectivity index (χ2n) is 5.37. The van der Waals surface area contributed by atoms with Crippen LogP contribution in [0.1, 0.15) is 25.0 Å².